The van der Waals surface area contributed by atoms with E-state index in [1.165, 1.54) is 17.3 Å². The molecule has 0 spiro atoms. The molecule has 4 rings (SSSR count). The van der Waals surface area contributed by atoms with Crippen LogP contribution in [0.15, 0.2) is 51.4 Å². The van der Waals surface area contributed by atoms with E-state index >= 15 is 0 Å². The third kappa shape index (κ3) is 2.85. The van der Waals surface area contributed by atoms with Gasteiger partial charge in [-0.3, -0.25) is 4.79 Å². The van der Waals surface area contributed by atoms with E-state index in [-0.39, 0.29) is 11.2 Å². The molecule has 0 saturated carbocycles. The second kappa shape index (κ2) is 6.41. The SMILES string of the molecule is C[C@@H](Sc1nnc(-c2cccs2)o1)C(=O)N1CCc2ccccc21. The maximum atomic E-state index is 12.8. The summed E-state index contributed by atoms with van der Waals surface area (Å²) in [4.78, 5) is 15.5. The fourth-order valence-corrected chi connectivity index (χ4v) is 4.14. The van der Waals surface area contributed by atoms with Crippen LogP contribution in [0.3, 0.4) is 0 Å². The number of hydrogen-bond donors (Lipinski definition) is 0. The van der Waals surface area contributed by atoms with E-state index in [1.54, 1.807) is 11.3 Å². The Morgan fingerprint density at radius 3 is 3.00 bits per heavy atom. The number of anilines is 1. The van der Waals surface area contributed by atoms with E-state index in [0.717, 1.165) is 23.5 Å². The Kier molecular flexibility index (Phi) is 4.12. The van der Waals surface area contributed by atoms with E-state index in [2.05, 4.69) is 16.3 Å². The fraction of sp³-hybridized carbons (Fsp3) is 0.235. The molecule has 1 aliphatic heterocycles. The maximum absolute atomic E-state index is 12.8. The lowest BCUT2D eigenvalue weighted by molar-refractivity contribution is -0.117. The second-order valence-corrected chi connectivity index (χ2v) is 7.72. The monoisotopic (exact) mass is 357 g/mol. The van der Waals surface area contributed by atoms with E-state index in [1.807, 2.05) is 47.5 Å². The van der Waals surface area contributed by atoms with Crippen LogP contribution in [-0.2, 0) is 11.2 Å². The summed E-state index contributed by atoms with van der Waals surface area (Å²) in [5.74, 6) is 0.569. The van der Waals surface area contributed by atoms with Crippen molar-refractivity contribution in [3.05, 3.63) is 47.3 Å². The van der Waals surface area contributed by atoms with Gasteiger partial charge in [0.25, 0.3) is 11.1 Å². The molecule has 0 saturated heterocycles. The molecule has 5 nitrogen and oxygen atoms in total. The molecular formula is C17H15N3O2S2. The standard InChI is InChI=1S/C17H15N3O2S2/c1-11(16(21)20-9-8-12-5-2-3-6-13(12)20)24-17-19-18-15(22-17)14-7-4-10-23-14/h2-7,10-11H,8-9H2,1H3/t11-/m1/s1. The Hall–Kier alpha value is -2.12. The number of benzene rings is 1. The number of para-hydroxylation sites is 1. The van der Waals surface area contributed by atoms with Crippen molar-refractivity contribution in [1.82, 2.24) is 10.2 Å². The summed E-state index contributed by atoms with van der Waals surface area (Å²) in [6.45, 7) is 2.61. The number of nitrogens with zero attached hydrogens (tertiary/aromatic N) is 3. The Labute approximate surface area is 147 Å². The molecule has 1 atom stereocenters. The van der Waals surface area contributed by atoms with Crippen LogP contribution in [0.1, 0.15) is 12.5 Å². The zero-order chi connectivity index (χ0) is 16.5. The van der Waals surface area contributed by atoms with Gasteiger partial charge in [0.2, 0.25) is 5.91 Å². The molecule has 3 heterocycles. The van der Waals surface area contributed by atoms with Gasteiger partial charge in [0.15, 0.2) is 0 Å². The first-order chi connectivity index (χ1) is 11.7. The van der Waals surface area contributed by atoms with Crippen molar-refractivity contribution < 1.29 is 9.21 Å². The van der Waals surface area contributed by atoms with Crippen LogP contribution in [-0.4, -0.2) is 27.9 Å². The van der Waals surface area contributed by atoms with Gasteiger partial charge in [-0.2, -0.15) is 0 Å². The predicted molar refractivity (Wildman–Crippen MR) is 95.4 cm³/mol. The maximum Gasteiger partial charge on any atom is 0.277 e. The van der Waals surface area contributed by atoms with Crippen LogP contribution in [0.5, 0.6) is 0 Å². The number of amides is 1. The first kappa shape index (κ1) is 15.4. The Morgan fingerprint density at radius 1 is 1.29 bits per heavy atom. The third-order valence-electron chi connectivity index (χ3n) is 3.92. The van der Waals surface area contributed by atoms with Crippen LogP contribution in [0.4, 0.5) is 5.69 Å². The van der Waals surface area contributed by atoms with Crippen molar-refractivity contribution in [2.24, 2.45) is 0 Å². The van der Waals surface area contributed by atoms with Crippen molar-refractivity contribution in [1.29, 1.82) is 0 Å². The highest BCUT2D eigenvalue weighted by Gasteiger charge is 2.29. The Morgan fingerprint density at radius 2 is 2.17 bits per heavy atom. The van der Waals surface area contributed by atoms with Gasteiger partial charge >= 0.3 is 0 Å². The molecule has 2 aromatic heterocycles. The molecule has 0 bridgehead atoms. The molecule has 3 aromatic rings. The van der Waals surface area contributed by atoms with Crippen LogP contribution >= 0.6 is 23.1 Å². The smallest absolute Gasteiger partial charge is 0.277 e. The van der Waals surface area contributed by atoms with Crippen molar-refractivity contribution in [3.8, 4) is 10.8 Å². The largest absolute Gasteiger partial charge is 0.410 e. The van der Waals surface area contributed by atoms with Crippen molar-refractivity contribution in [3.63, 3.8) is 0 Å². The summed E-state index contributed by atoms with van der Waals surface area (Å²) in [5.41, 5.74) is 2.24. The number of thiophene rings is 1. The number of hydrogen-bond acceptors (Lipinski definition) is 6. The Bertz CT molecular complexity index is 860. The number of thioether (sulfide) groups is 1. The average molecular weight is 357 g/mol. The quantitative estimate of drug-likeness (QED) is 0.664. The zero-order valence-corrected chi connectivity index (χ0v) is 14.6. The molecule has 24 heavy (non-hydrogen) atoms. The minimum atomic E-state index is -0.284. The van der Waals surface area contributed by atoms with Gasteiger partial charge < -0.3 is 9.32 Å². The van der Waals surface area contributed by atoms with E-state index in [0.29, 0.717) is 11.1 Å². The number of carbonyl (C=O) groups excluding carboxylic acids is 1. The molecule has 0 aliphatic carbocycles. The average Bonchev–Trinajstić information content (AvgIpc) is 3.33. The molecule has 7 heteroatoms. The molecule has 0 radical (unpaired) electrons. The minimum Gasteiger partial charge on any atom is -0.410 e. The molecule has 1 amide bonds. The van der Waals surface area contributed by atoms with Gasteiger partial charge in [0.1, 0.15) is 0 Å². The highest BCUT2D eigenvalue weighted by Crippen LogP contribution is 2.32. The first-order valence-corrected chi connectivity index (χ1v) is 9.41. The number of aromatic nitrogens is 2. The lowest BCUT2D eigenvalue weighted by Gasteiger charge is -2.20. The lowest BCUT2D eigenvalue weighted by atomic mass is 10.2. The molecule has 0 N–H and O–H groups in total. The topological polar surface area (TPSA) is 59.2 Å². The van der Waals surface area contributed by atoms with Crippen molar-refractivity contribution in [2.45, 2.75) is 23.8 Å². The molecular weight excluding hydrogens is 342 g/mol. The van der Waals surface area contributed by atoms with E-state index < -0.39 is 0 Å². The second-order valence-electron chi connectivity index (χ2n) is 5.48. The third-order valence-corrected chi connectivity index (χ3v) is 5.70. The van der Waals surface area contributed by atoms with Crippen molar-refractivity contribution in [2.75, 3.05) is 11.4 Å². The molecule has 1 aromatic carbocycles. The predicted octanol–water partition coefficient (Wildman–Crippen LogP) is 3.87. The Balaban J connectivity index is 1.47. The molecule has 0 unspecified atom stereocenters. The molecule has 1 aliphatic rings. The first-order valence-electron chi connectivity index (χ1n) is 7.65. The summed E-state index contributed by atoms with van der Waals surface area (Å²) in [6.07, 6.45) is 0.905. The van der Waals surface area contributed by atoms with Gasteiger partial charge in [-0.15, -0.1) is 21.5 Å². The summed E-state index contributed by atoms with van der Waals surface area (Å²) >= 11 is 2.85. The highest BCUT2D eigenvalue weighted by atomic mass is 32.2. The van der Waals surface area contributed by atoms with Gasteiger partial charge in [-0.1, -0.05) is 36.0 Å². The minimum absolute atomic E-state index is 0.0702. The van der Waals surface area contributed by atoms with Gasteiger partial charge in [-0.25, -0.2) is 0 Å². The van der Waals surface area contributed by atoms with Crippen LogP contribution in [0, 0.1) is 0 Å². The summed E-state index contributed by atoms with van der Waals surface area (Å²) in [7, 11) is 0. The van der Waals surface area contributed by atoms with Crippen LogP contribution in [0.2, 0.25) is 0 Å². The van der Waals surface area contributed by atoms with Crippen molar-refractivity contribution >= 4 is 34.7 Å². The normalized spacial score (nSPS) is 14.6. The van der Waals surface area contributed by atoms with Gasteiger partial charge in [-0.05, 0) is 36.4 Å². The summed E-state index contributed by atoms with van der Waals surface area (Å²) in [6, 6.07) is 11.9. The van der Waals surface area contributed by atoms with E-state index in [9.17, 15) is 4.79 Å². The van der Waals surface area contributed by atoms with E-state index in [4.69, 9.17) is 4.42 Å². The van der Waals surface area contributed by atoms with Crippen LogP contribution in [0.25, 0.3) is 10.8 Å². The summed E-state index contributed by atoms with van der Waals surface area (Å²) < 4.78 is 5.66. The number of fused-ring (bicyclic) bond motifs is 1. The van der Waals surface area contributed by atoms with Crippen LogP contribution < -0.4 is 4.90 Å². The number of rotatable bonds is 4. The van der Waals surface area contributed by atoms with Gasteiger partial charge in [0.05, 0.1) is 10.1 Å². The molecule has 0 fully saturated rings. The fourth-order valence-electron chi connectivity index (χ4n) is 2.75. The van der Waals surface area contributed by atoms with Gasteiger partial charge in [0, 0.05) is 12.2 Å². The lowest BCUT2D eigenvalue weighted by Crippen LogP contribution is -2.35. The summed E-state index contributed by atoms with van der Waals surface area (Å²) in [5, 5.41) is 10.2. The highest BCUT2D eigenvalue weighted by molar-refractivity contribution is 8.00. The molecule has 122 valence electrons. The number of carbonyl (C=O) groups is 1. The zero-order valence-electron chi connectivity index (χ0n) is 13.0.